The molecule has 2 atom stereocenters. The van der Waals surface area contributed by atoms with Crippen LogP contribution in [0.5, 0.6) is 0 Å². The van der Waals surface area contributed by atoms with Gasteiger partial charge in [-0.05, 0) is 56.4 Å². The van der Waals surface area contributed by atoms with Crippen molar-refractivity contribution in [1.82, 2.24) is 9.62 Å². The number of carbonyl (C=O) groups excluding carboxylic acids is 1. The van der Waals surface area contributed by atoms with E-state index in [2.05, 4.69) is 11.6 Å². The first-order valence-electron chi connectivity index (χ1n) is 9.34. The molecule has 1 heterocycles. The SMILES string of the molecule is CCCN1C(=O)CC[C@]2(CNS(=O)(=O)c3ccc(F)c(C)c3)CCC[C@@H]12. The summed E-state index contributed by atoms with van der Waals surface area (Å²) in [5.74, 6) is -0.231. The van der Waals surface area contributed by atoms with Gasteiger partial charge >= 0.3 is 0 Å². The van der Waals surface area contributed by atoms with E-state index in [0.29, 0.717) is 18.5 Å². The summed E-state index contributed by atoms with van der Waals surface area (Å²) < 4.78 is 41.5. The molecule has 1 saturated carbocycles. The summed E-state index contributed by atoms with van der Waals surface area (Å²) in [4.78, 5) is 14.4. The molecule has 144 valence electrons. The quantitative estimate of drug-likeness (QED) is 0.822. The molecule has 1 amide bonds. The van der Waals surface area contributed by atoms with E-state index in [-0.39, 0.29) is 22.3 Å². The molecule has 0 unspecified atom stereocenters. The minimum absolute atomic E-state index is 0.0830. The number of hydrogen-bond donors (Lipinski definition) is 1. The second kappa shape index (κ2) is 7.27. The number of aryl methyl sites for hydroxylation is 1. The Hall–Kier alpha value is -1.47. The van der Waals surface area contributed by atoms with Crippen LogP contribution in [0.25, 0.3) is 0 Å². The summed E-state index contributed by atoms with van der Waals surface area (Å²) >= 11 is 0. The first-order chi connectivity index (χ1) is 12.3. The van der Waals surface area contributed by atoms with Crippen LogP contribution in [-0.4, -0.2) is 38.4 Å². The predicted molar refractivity (Wildman–Crippen MR) is 97.6 cm³/mol. The molecule has 0 spiro atoms. The van der Waals surface area contributed by atoms with Gasteiger partial charge in [0.2, 0.25) is 15.9 Å². The smallest absolute Gasteiger partial charge is 0.240 e. The molecule has 1 aromatic carbocycles. The van der Waals surface area contributed by atoms with Crippen molar-refractivity contribution in [3.63, 3.8) is 0 Å². The van der Waals surface area contributed by atoms with Crippen molar-refractivity contribution in [3.8, 4) is 0 Å². The molecule has 7 heteroatoms. The Labute approximate surface area is 155 Å². The molecular weight excluding hydrogens is 355 g/mol. The van der Waals surface area contributed by atoms with E-state index in [0.717, 1.165) is 38.6 Å². The summed E-state index contributed by atoms with van der Waals surface area (Å²) in [6, 6.07) is 3.95. The normalized spacial score (nSPS) is 26.2. The van der Waals surface area contributed by atoms with Crippen molar-refractivity contribution < 1.29 is 17.6 Å². The number of nitrogens with one attached hydrogen (secondary N) is 1. The number of sulfonamides is 1. The average Bonchev–Trinajstić information content (AvgIpc) is 3.03. The zero-order valence-corrected chi connectivity index (χ0v) is 16.2. The van der Waals surface area contributed by atoms with E-state index in [1.54, 1.807) is 6.92 Å². The van der Waals surface area contributed by atoms with Crippen LogP contribution < -0.4 is 4.72 Å². The molecule has 0 radical (unpaired) electrons. The maximum Gasteiger partial charge on any atom is 0.240 e. The van der Waals surface area contributed by atoms with Crippen LogP contribution in [0.1, 0.15) is 51.0 Å². The number of likely N-dealkylation sites (tertiary alicyclic amines) is 1. The third-order valence-corrected chi connectivity index (χ3v) is 7.31. The minimum Gasteiger partial charge on any atom is -0.339 e. The Morgan fingerprint density at radius 3 is 2.81 bits per heavy atom. The van der Waals surface area contributed by atoms with Gasteiger partial charge in [-0.15, -0.1) is 0 Å². The minimum atomic E-state index is -3.71. The average molecular weight is 383 g/mol. The van der Waals surface area contributed by atoms with Gasteiger partial charge < -0.3 is 4.90 Å². The Balaban J connectivity index is 1.78. The summed E-state index contributed by atoms with van der Waals surface area (Å²) in [6.45, 7) is 4.66. The third-order valence-electron chi connectivity index (χ3n) is 5.91. The molecule has 3 rings (SSSR count). The molecule has 2 aliphatic rings. The largest absolute Gasteiger partial charge is 0.339 e. The van der Waals surface area contributed by atoms with E-state index in [1.807, 2.05) is 4.90 Å². The van der Waals surface area contributed by atoms with Crippen LogP contribution in [0.2, 0.25) is 0 Å². The molecular formula is C19H27FN2O3S. The first kappa shape index (κ1) is 19.3. The van der Waals surface area contributed by atoms with Gasteiger partial charge in [-0.25, -0.2) is 17.5 Å². The van der Waals surface area contributed by atoms with Crippen molar-refractivity contribution >= 4 is 15.9 Å². The molecule has 1 aliphatic heterocycles. The lowest BCUT2D eigenvalue weighted by molar-refractivity contribution is -0.141. The van der Waals surface area contributed by atoms with Gasteiger partial charge in [0, 0.05) is 31.0 Å². The maximum atomic E-state index is 13.4. The lowest BCUT2D eigenvalue weighted by atomic mass is 9.74. The van der Waals surface area contributed by atoms with Gasteiger partial charge in [-0.2, -0.15) is 0 Å². The van der Waals surface area contributed by atoms with Crippen molar-refractivity contribution in [2.24, 2.45) is 5.41 Å². The number of amides is 1. The Bertz CT molecular complexity index is 796. The van der Waals surface area contributed by atoms with Crippen LogP contribution in [0, 0.1) is 18.2 Å². The number of halogens is 1. The van der Waals surface area contributed by atoms with Gasteiger partial charge in [0.05, 0.1) is 4.90 Å². The number of benzene rings is 1. The number of nitrogens with zero attached hydrogens (tertiary/aromatic N) is 1. The number of piperidine rings is 1. The highest BCUT2D eigenvalue weighted by Gasteiger charge is 2.50. The second-order valence-corrected chi connectivity index (χ2v) is 9.36. The predicted octanol–water partition coefficient (Wildman–Crippen LogP) is 2.98. The molecule has 1 saturated heterocycles. The van der Waals surface area contributed by atoms with E-state index >= 15 is 0 Å². The standard InChI is InChI=1S/C19H27FN2O3S/c1-3-11-22-17-5-4-9-19(17,10-8-18(22)23)13-21-26(24,25)15-6-7-16(20)14(2)12-15/h6-7,12,17,21H,3-5,8-11,13H2,1-2H3/t17-,19+/m1/s1. The van der Waals surface area contributed by atoms with Gasteiger partial charge in [-0.3, -0.25) is 4.79 Å². The number of hydrogen-bond acceptors (Lipinski definition) is 3. The van der Waals surface area contributed by atoms with Crippen molar-refractivity contribution in [2.45, 2.75) is 63.3 Å². The van der Waals surface area contributed by atoms with Crippen molar-refractivity contribution in [1.29, 1.82) is 0 Å². The first-order valence-corrected chi connectivity index (χ1v) is 10.8. The molecule has 5 nitrogen and oxygen atoms in total. The van der Waals surface area contributed by atoms with Crippen LogP contribution in [-0.2, 0) is 14.8 Å². The third kappa shape index (κ3) is 3.51. The van der Waals surface area contributed by atoms with Crippen molar-refractivity contribution in [2.75, 3.05) is 13.1 Å². The van der Waals surface area contributed by atoms with Gasteiger partial charge in [0.1, 0.15) is 5.82 Å². The highest BCUT2D eigenvalue weighted by atomic mass is 32.2. The fraction of sp³-hybridized carbons (Fsp3) is 0.632. The summed E-state index contributed by atoms with van der Waals surface area (Å²) in [5.41, 5.74) is 0.118. The van der Waals surface area contributed by atoms with Gasteiger partial charge in [-0.1, -0.05) is 13.3 Å². The molecule has 1 aromatic rings. The fourth-order valence-corrected chi connectivity index (χ4v) is 5.72. The van der Waals surface area contributed by atoms with Crippen LogP contribution in [0.15, 0.2) is 23.1 Å². The summed E-state index contributed by atoms with van der Waals surface area (Å²) in [5, 5.41) is 0. The highest BCUT2D eigenvalue weighted by Crippen LogP contribution is 2.47. The fourth-order valence-electron chi connectivity index (χ4n) is 4.49. The van der Waals surface area contributed by atoms with Crippen LogP contribution in [0.3, 0.4) is 0 Å². The van der Waals surface area contributed by atoms with Gasteiger partial charge in [0.15, 0.2) is 0 Å². The van der Waals surface area contributed by atoms with Crippen molar-refractivity contribution in [3.05, 3.63) is 29.6 Å². The molecule has 0 bridgehead atoms. The molecule has 1 N–H and O–H groups in total. The lowest BCUT2D eigenvalue weighted by Gasteiger charge is -2.46. The monoisotopic (exact) mass is 382 g/mol. The number of fused-ring (bicyclic) bond motifs is 1. The zero-order valence-electron chi connectivity index (χ0n) is 15.4. The Kier molecular flexibility index (Phi) is 5.40. The molecule has 0 aromatic heterocycles. The number of carbonyl (C=O) groups is 1. The van der Waals surface area contributed by atoms with Gasteiger partial charge in [0.25, 0.3) is 0 Å². The maximum absolute atomic E-state index is 13.4. The van der Waals surface area contributed by atoms with E-state index in [4.69, 9.17) is 0 Å². The van der Waals surface area contributed by atoms with E-state index in [1.165, 1.54) is 18.2 Å². The summed E-state index contributed by atoms with van der Waals surface area (Å²) in [7, 11) is -3.71. The summed E-state index contributed by atoms with van der Waals surface area (Å²) in [6.07, 6.45) is 4.98. The van der Waals surface area contributed by atoms with E-state index < -0.39 is 15.8 Å². The number of rotatable bonds is 6. The lowest BCUT2D eigenvalue weighted by Crippen LogP contribution is -2.56. The highest BCUT2D eigenvalue weighted by molar-refractivity contribution is 7.89. The second-order valence-electron chi connectivity index (χ2n) is 7.59. The topological polar surface area (TPSA) is 66.5 Å². The molecule has 2 fully saturated rings. The molecule has 26 heavy (non-hydrogen) atoms. The van der Waals surface area contributed by atoms with Crippen LogP contribution >= 0.6 is 0 Å². The molecule has 1 aliphatic carbocycles. The van der Waals surface area contributed by atoms with E-state index in [9.17, 15) is 17.6 Å². The zero-order chi connectivity index (χ0) is 18.9. The Morgan fingerprint density at radius 2 is 2.12 bits per heavy atom. The Morgan fingerprint density at radius 1 is 1.35 bits per heavy atom. The van der Waals surface area contributed by atoms with Crippen LogP contribution in [0.4, 0.5) is 4.39 Å².